The lowest BCUT2D eigenvalue weighted by molar-refractivity contribution is -0.192. The monoisotopic (exact) mass is 299 g/mol. The molecule has 20 heavy (non-hydrogen) atoms. The van der Waals surface area contributed by atoms with Gasteiger partial charge in [0.05, 0.1) is 6.04 Å². The minimum Gasteiger partial charge on any atom is -0.475 e. The van der Waals surface area contributed by atoms with Crippen molar-refractivity contribution < 1.29 is 32.7 Å². The van der Waals surface area contributed by atoms with Gasteiger partial charge in [0.1, 0.15) is 6.04 Å². The summed E-state index contributed by atoms with van der Waals surface area (Å²) in [6.07, 6.45) is -3.60. The van der Waals surface area contributed by atoms with E-state index in [-0.39, 0.29) is 5.91 Å². The van der Waals surface area contributed by atoms with Crippen molar-refractivity contribution in [1.82, 2.24) is 4.90 Å². The van der Waals surface area contributed by atoms with Gasteiger partial charge in [0.25, 0.3) is 0 Å². The third-order valence-electron chi connectivity index (χ3n) is 2.50. The van der Waals surface area contributed by atoms with Crippen LogP contribution in [0.2, 0.25) is 0 Å². The summed E-state index contributed by atoms with van der Waals surface area (Å²) < 4.78 is 31.7. The molecule has 1 aliphatic heterocycles. The van der Waals surface area contributed by atoms with Gasteiger partial charge in [-0.15, -0.1) is 0 Å². The lowest BCUT2D eigenvalue weighted by Crippen LogP contribution is -2.49. The zero-order chi connectivity index (χ0) is 16.1. The van der Waals surface area contributed by atoms with Crippen molar-refractivity contribution in [2.75, 3.05) is 6.54 Å². The van der Waals surface area contributed by atoms with Gasteiger partial charge in [0, 0.05) is 6.54 Å². The topological polar surface area (TPSA) is 127 Å². The Balaban J connectivity index is 0.000000441. The van der Waals surface area contributed by atoms with Gasteiger partial charge in [-0.3, -0.25) is 9.59 Å². The highest BCUT2D eigenvalue weighted by Crippen LogP contribution is 2.17. The maximum absolute atomic E-state index is 11.5. The first kappa shape index (κ1) is 18.2. The van der Waals surface area contributed by atoms with Crippen LogP contribution in [-0.2, 0) is 14.4 Å². The van der Waals surface area contributed by atoms with Crippen LogP contribution in [0.3, 0.4) is 0 Å². The predicted octanol–water partition coefficient (Wildman–Crippen LogP) is -0.557. The summed E-state index contributed by atoms with van der Waals surface area (Å²) in [5.41, 5.74) is 10.6. The number of carbonyl (C=O) groups excluding carboxylic acids is 2. The molecule has 0 aliphatic carbocycles. The SMILES string of the molecule is CC(N)C(=O)N1CCC[C@H]1C(N)=O.O=C(O)C(F)(F)F. The normalized spacial score (nSPS) is 19.9. The van der Waals surface area contributed by atoms with Crippen molar-refractivity contribution in [3.05, 3.63) is 0 Å². The number of primary amides is 1. The van der Waals surface area contributed by atoms with Gasteiger partial charge in [-0.2, -0.15) is 13.2 Å². The molecule has 0 saturated carbocycles. The van der Waals surface area contributed by atoms with E-state index in [1.54, 1.807) is 6.92 Å². The van der Waals surface area contributed by atoms with Crippen LogP contribution in [0, 0.1) is 0 Å². The number of rotatable bonds is 2. The number of carboxylic acids is 1. The molecule has 0 aromatic heterocycles. The Morgan fingerprint density at radius 1 is 1.35 bits per heavy atom. The summed E-state index contributed by atoms with van der Waals surface area (Å²) in [6, 6.07) is -1.00. The number of nitrogens with zero attached hydrogens (tertiary/aromatic N) is 1. The van der Waals surface area contributed by atoms with Gasteiger partial charge in [0.2, 0.25) is 11.8 Å². The predicted molar refractivity (Wildman–Crippen MR) is 61.3 cm³/mol. The van der Waals surface area contributed by atoms with Crippen LogP contribution < -0.4 is 11.5 Å². The second kappa shape index (κ2) is 7.08. The molecule has 10 heteroatoms. The Hall–Kier alpha value is -1.84. The number of hydrogen-bond acceptors (Lipinski definition) is 4. The lowest BCUT2D eigenvalue weighted by Gasteiger charge is -2.23. The fourth-order valence-electron chi connectivity index (χ4n) is 1.59. The quantitative estimate of drug-likeness (QED) is 0.630. The molecule has 1 rings (SSSR count). The zero-order valence-corrected chi connectivity index (χ0v) is 10.7. The molecule has 0 radical (unpaired) electrons. The van der Waals surface area contributed by atoms with Crippen LogP contribution in [0.5, 0.6) is 0 Å². The standard InChI is InChI=1S/C8H15N3O2.C2HF3O2/c1-5(9)8(13)11-4-2-3-6(11)7(10)12;3-2(4,5)1(6)7/h5-6H,2-4,9H2,1H3,(H2,10,12);(H,6,7)/t5?,6-;/m0./s1. The molecule has 0 aromatic carbocycles. The van der Waals surface area contributed by atoms with Crippen molar-refractivity contribution in [2.24, 2.45) is 11.5 Å². The number of halogens is 3. The second-order valence-corrected chi connectivity index (χ2v) is 4.18. The molecule has 0 bridgehead atoms. The lowest BCUT2D eigenvalue weighted by atomic mass is 10.2. The van der Waals surface area contributed by atoms with Gasteiger partial charge in [0.15, 0.2) is 0 Å². The fraction of sp³-hybridized carbons (Fsp3) is 0.700. The summed E-state index contributed by atoms with van der Waals surface area (Å²) >= 11 is 0. The van der Waals surface area contributed by atoms with Crippen LogP contribution >= 0.6 is 0 Å². The van der Waals surface area contributed by atoms with Gasteiger partial charge < -0.3 is 21.5 Å². The van der Waals surface area contributed by atoms with E-state index in [2.05, 4.69) is 0 Å². The van der Waals surface area contributed by atoms with E-state index >= 15 is 0 Å². The Morgan fingerprint density at radius 2 is 1.80 bits per heavy atom. The summed E-state index contributed by atoms with van der Waals surface area (Å²) in [6.45, 7) is 2.20. The van der Waals surface area contributed by atoms with Crippen LogP contribution in [0.15, 0.2) is 0 Å². The zero-order valence-electron chi connectivity index (χ0n) is 10.7. The molecule has 2 amide bonds. The number of nitrogens with two attached hydrogens (primary N) is 2. The summed E-state index contributed by atoms with van der Waals surface area (Å²) in [5.74, 6) is -3.39. The minimum absolute atomic E-state index is 0.193. The number of amides is 2. The fourth-order valence-corrected chi connectivity index (χ4v) is 1.59. The maximum Gasteiger partial charge on any atom is 0.490 e. The summed E-state index contributed by atoms with van der Waals surface area (Å²) in [7, 11) is 0. The highest BCUT2D eigenvalue weighted by atomic mass is 19.4. The number of aliphatic carboxylic acids is 1. The van der Waals surface area contributed by atoms with Crippen LogP contribution in [0.4, 0.5) is 13.2 Å². The molecule has 1 unspecified atom stereocenters. The van der Waals surface area contributed by atoms with Crippen molar-refractivity contribution in [2.45, 2.75) is 38.0 Å². The van der Waals surface area contributed by atoms with E-state index in [4.69, 9.17) is 21.4 Å². The van der Waals surface area contributed by atoms with Crippen molar-refractivity contribution in [3.63, 3.8) is 0 Å². The van der Waals surface area contributed by atoms with Crippen molar-refractivity contribution in [3.8, 4) is 0 Å². The molecule has 1 saturated heterocycles. The smallest absolute Gasteiger partial charge is 0.475 e. The molecule has 1 heterocycles. The van der Waals surface area contributed by atoms with E-state index in [0.717, 1.165) is 6.42 Å². The molecule has 7 nitrogen and oxygen atoms in total. The summed E-state index contributed by atoms with van der Waals surface area (Å²) in [5, 5.41) is 7.12. The van der Waals surface area contributed by atoms with Crippen LogP contribution in [-0.4, -0.2) is 52.6 Å². The Labute approximate surface area is 112 Å². The first-order chi connectivity index (χ1) is 8.98. The second-order valence-electron chi connectivity index (χ2n) is 4.18. The van der Waals surface area contributed by atoms with Gasteiger partial charge >= 0.3 is 12.1 Å². The highest BCUT2D eigenvalue weighted by Gasteiger charge is 2.38. The molecule has 1 fully saturated rings. The van der Waals surface area contributed by atoms with E-state index in [1.807, 2.05) is 0 Å². The molecule has 5 N–H and O–H groups in total. The van der Waals surface area contributed by atoms with Gasteiger partial charge in [-0.1, -0.05) is 0 Å². The Bertz CT molecular complexity index is 384. The number of likely N-dealkylation sites (tertiary alicyclic amines) is 1. The molecule has 0 aromatic rings. The Morgan fingerprint density at radius 3 is 2.10 bits per heavy atom. The summed E-state index contributed by atoms with van der Waals surface area (Å²) in [4.78, 5) is 32.8. The number of hydrogen-bond donors (Lipinski definition) is 3. The third kappa shape index (κ3) is 5.43. The first-order valence-electron chi connectivity index (χ1n) is 5.64. The molecule has 0 spiro atoms. The van der Waals surface area contributed by atoms with E-state index < -0.39 is 30.1 Å². The van der Waals surface area contributed by atoms with Crippen molar-refractivity contribution >= 4 is 17.8 Å². The number of alkyl halides is 3. The Kier molecular flexibility index (Phi) is 6.43. The van der Waals surface area contributed by atoms with E-state index in [9.17, 15) is 22.8 Å². The minimum atomic E-state index is -5.08. The largest absolute Gasteiger partial charge is 0.490 e. The third-order valence-corrected chi connectivity index (χ3v) is 2.50. The molecular formula is C10H16F3N3O4. The molecule has 1 aliphatic rings. The average Bonchev–Trinajstić information content (AvgIpc) is 2.75. The first-order valence-corrected chi connectivity index (χ1v) is 5.64. The van der Waals surface area contributed by atoms with Crippen molar-refractivity contribution in [1.29, 1.82) is 0 Å². The molecular weight excluding hydrogens is 283 g/mol. The number of carbonyl (C=O) groups is 3. The molecule has 2 atom stereocenters. The van der Waals surface area contributed by atoms with Crippen LogP contribution in [0.1, 0.15) is 19.8 Å². The van der Waals surface area contributed by atoms with E-state index in [1.165, 1.54) is 4.90 Å². The maximum atomic E-state index is 11.5. The molecule has 116 valence electrons. The highest BCUT2D eigenvalue weighted by molar-refractivity contribution is 5.89. The average molecular weight is 299 g/mol. The van der Waals surface area contributed by atoms with E-state index in [0.29, 0.717) is 13.0 Å². The van der Waals surface area contributed by atoms with Gasteiger partial charge in [-0.05, 0) is 19.8 Å². The number of carboxylic acid groups (broad SMARTS) is 1. The van der Waals surface area contributed by atoms with Crippen LogP contribution in [0.25, 0.3) is 0 Å². The van der Waals surface area contributed by atoms with Gasteiger partial charge in [-0.25, -0.2) is 4.79 Å².